The van der Waals surface area contributed by atoms with Gasteiger partial charge in [-0.3, -0.25) is 4.79 Å². The molecule has 10 heteroatoms. The number of phenols is 1. The fraction of sp³-hybridized carbons (Fsp3) is 0.278. The van der Waals surface area contributed by atoms with Gasteiger partial charge in [-0.05, 0) is 24.3 Å². The second-order valence-electron chi connectivity index (χ2n) is 6.42. The fourth-order valence-electron chi connectivity index (χ4n) is 3.05. The van der Waals surface area contributed by atoms with Crippen molar-refractivity contribution < 1.29 is 36.8 Å². The number of nitrogens with zero attached hydrogens (tertiary/aromatic N) is 1. The largest absolute Gasteiger partial charge is 0.508 e. The van der Waals surface area contributed by atoms with Crippen LogP contribution in [-0.2, 0) is 4.79 Å². The zero-order valence-electron chi connectivity index (χ0n) is 14.5. The molecule has 28 heavy (non-hydrogen) atoms. The Bertz CT molecular complexity index is 855. The number of halogens is 5. The van der Waals surface area contributed by atoms with Gasteiger partial charge in [-0.25, -0.2) is 22.0 Å². The molecular weight excluding hydrogens is 385 g/mol. The minimum Gasteiger partial charge on any atom is -0.508 e. The maximum absolute atomic E-state index is 13.6. The maximum atomic E-state index is 13.6. The summed E-state index contributed by atoms with van der Waals surface area (Å²) >= 11 is 0. The van der Waals surface area contributed by atoms with Gasteiger partial charge < -0.3 is 20.2 Å². The topological polar surface area (TPSA) is 57.0 Å². The minimum atomic E-state index is -2.27. The number of hydrogen-bond acceptors (Lipinski definition) is 3. The molecule has 0 spiro atoms. The van der Waals surface area contributed by atoms with Crippen molar-refractivity contribution >= 4 is 17.3 Å². The summed E-state index contributed by atoms with van der Waals surface area (Å²) in [7, 11) is 0. The molecule has 0 saturated carbocycles. The third-order valence-corrected chi connectivity index (χ3v) is 4.57. The quantitative estimate of drug-likeness (QED) is 0.412. The lowest BCUT2D eigenvalue weighted by atomic mass is 10.2. The van der Waals surface area contributed by atoms with Crippen LogP contribution in [0, 0.1) is 29.1 Å². The van der Waals surface area contributed by atoms with Crippen LogP contribution in [0.15, 0.2) is 24.3 Å². The molecule has 3 rings (SSSR count). The Morgan fingerprint density at radius 3 is 1.96 bits per heavy atom. The standard InChI is InChI=1S/C18H16F5N3O2/c19-13-14(20)16(22)18(17(23)15(13)21)24-12(28)9-25-5-7-26(8-6-25)10-1-3-11(27)4-2-10/h1-4,27H,5-9H2,(H,24,28)/p+1. The Morgan fingerprint density at radius 1 is 0.929 bits per heavy atom. The van der Waals surface area contributed by atoms with Gasteiger partial charge in [-0.15, -0.1) is 0 Å². The normalized spacial score (nSPS) is 15.0. The zero-order chi connectivity index (χ0) is 20.4. The van der Waals surface area contributed by atoms with Crippen LogP contribution in [0.25, 0.3) is 0 Å². The van der Waals surface area contributed by atoms with Crippen molar-refractivity contribution in [2.45, 2.75) is 0 Å². The molecule has 0 radical (unpaired) electrons. The van der Waals surface area contributed by atoms with E-state index in [0.29, 0.717) is 26.2 Å². The first kappa shape index (κ1) is 19.9. The maximum Gasteiger partial charge on any atom is 0.279 e. The van der Waals surface area contributed by atoms with Crippen LogP contribution in [0.4, 0.5) is 33.3 Å². The predicted octanol–water partition coefficient (Wildman–Crippen LogP) is 1.43. The summed E-state index contributed by atoms with van der Waals surface area (Å²) in [6, 6.07) is 6.64. The molecule has 0 aromatic heterocycles. The Hall–Kier alpha value is -2.88. The van der Waals surface area contributed by atoms with Crippen molar-refractivity contribution in [1.82, 2.24) is 0 Å². The molecule has 0 unspecified atom stereocenters. The fourth-order valence-corrected chi connectivity index (χ4v) is 3.05. The molecule has 0 aliphatic carbocycles. The van der Waals surface area contributed by atoms with Crippen LogP contribution < -0.4 is 15.1 Å². The number of carbonyl (C=O) groups is 1. The summed E-state index contributed by atoms with van der Waals surface area (Å²) < 4.78 is 66.7. The van der Waals surface area contributed by atoms with Gasteiger partial charge in [0, 0.05) is 5.69 Å². The number of aromatic hydroxyl groups is 1. The van der Waals surface area contributed by atoms with Crippen molar-refractivity contribution in [2.75, 3.05) is 42.9 Å². The van der Waals surface area contributed by atoms with Crippen molar-refractivity contribution in [2.24, 2.45) is 0 Å². The molecule has 1 heterocycles. The first-order valence-corrected chi connectivity index (χ1v) is 8.46. The van der Waals surface area contributed by atoms with Gasteiger partial charge in [0.25, 0.3) is 5.91 Å². The van der Waals surface area contributed by atoms with Crippen LogP contribution in [0.3, 0.4) is 0 Å². The summed E-state index contributed by atoms with van der Waals surface area (Å²) in [4.78, 5) is 14.9. The highest BCUT2D eigenvalue weighted by Crippen LogP contribution is 2.27. The summed E-state index contributed by atoms with van der Waals surface area (Å²) in [6.07, 6.45) is 0. The number of anilines is 2. The highest BCUT2D eigenvalue weighted by Gasteiger charge is 2.28. The van der Waals surface area contributed by atoms with E-state index < -0.39 is 40.7 Å². The lowest BCUT2D eigenvalue weighted by Gasteiger charge is -2.33. The average Bonchev–Trinajstić information content (AvgIpc) is 2.69. The average molecular weight is 402 g/mol. The first-order valence-electron chi connectivity index (χ1n) is 8.46. The molecule has 1 amide bonds. The molecule has 2 aromatic rings. The lowest BCUT2D eigenvalue weighted by Crippen LogP contribution is -3.15. The molecule has 1 aliphatic rings. The van der Waals surface area contributed by atoms with Crippen LogP contribution in [-0.4, -0.2) is 43.7 Å². The van der Waals surface area contributed by atoms with Gasteiger partial charge in [0.05, 0.1) is 26.2 Å². The van der Waals surface area contributed by atoms with Gasteiger partial charge in [0.2, 0.25) is 5.82 Å². The smallest absolute Gasteiger partial charge is 0.279 e. The number of phenolic OH excluding ortho intramolecular Hbond substituents is 1. The molecule has 150 valence electrons. The van der Waals surface area contributed by atoms with E-state index >= 15 is 0 Å². The number of amides is 1. The van der Waals surface area contributed by atoms with E-state index in [1.54, 1.807) is 29.6 Å². The Balaban J connectivity index is 1.59. The third kappa shape index (κ3) is 4.01. The predicted molar refractivity (Wildman–Crippen MR) is 90.7 cm³/mol. The van der Waals surface area contributed by atoms with Crippen molar-refractivity contribution in [3.05, 3.63) is 53.4 Å². The number of hydrogen-bond donors (Lipinski definition) is 3. The highest BCUT2D eigenvalue weighted by molar-refractivity contribution is 5.91. The monoisotopic (exact) mass is 402 g/mol. The molecule has 1 fully saturated rings. The van der Waals surface area contributed by atoms with E-state index in [9.17, 15) is 31.9 Å². The first-order chi connectivity index (χ1) is 13.3. The summed E-state index contributed by atoms with van der Waals surface area (Å²) in [6.45, 7) is 2.07. The number of carbonyl (C=O) groups excluding carboxylic acids is 1. The van der Waals surface area contributed by atoms with Gasteiger partial charge in [0.1, 0.15) is 11.4 Å². The third-order valence-electron chi connectivity index (χ3n) is 4.57. The number of quaternary nitrogens is 1. The van der Waals surface area contributed by atoms with E-state index in [1.165, 1.54) is 0 Å². The van der Waals surface area contributed by atoms with Crippen molar-refractivity contribution in [3.63, 3.8) is 0 Å². The van der Waals surface area contributed by atoms with Crippen molar-refractivity contribution in [3.8, 4) is 5.75 Å². The highest BCUT2D eigenvalue weighted by atomic mass is 19.2. The number of rotatable bonds is 4. The number of nitrogens with one attached hydrogen (secondary N) is 2. The minimum absolute atomic E-state index is 0.151. The summed E-state index contributed by atoms with van der Waals surface area (Å²) in [5.41, 5.74) is -0.439. The Labute approximate surface area is 157 Å². The van der Waals surface area contributed by atoms with Gasteiger partial charge in [-0.2, -0.15) is 0 Å². The second kappa shape index (κ2) is 8.01. The second-order valence-corrected chi connectivity index (χ2v) is 6.42. The van der Waals surface area contributed by atoms with Crippen LogP contribution in [0.2, 0.25) is 0 Å². The Morgan fingerprint density at radius 2 is 1.43 bits per heavy atom. The molecule has 0 atom stereocenters. The molecule has 1 saturated heterocycles. The van der Waals surface area contributed by atoms with E-state index in [-0.39, 0.29) is 12.3 Å². The van der Waals surface area contributed by atoms with Gasteiger partial charge in [0.15, 0.2) is 29.8 Å². The Kier molecular flexibility index (Phi) is 5.68. The van der Waals surface area contributed by atoms with E-state index in [4.69, 9.17) is 0 Å². The molecule has 5 nitrogen and oxygen atoms in total. The number of benzene rings is 2. The molecular formula is C18H17F5N3O2+. The van der Waals surface area contributed by atoms with Gasteiger partial charge in [-0.1, -0.05) is 0 Å². The zero-order valence-corrected chi connectivity index (χ0v) is 14.5. The number of piperazine rings is 1. The molecule has 3 N–H and O–H groups in total. The van der Waals surface area contributed by atoms with Gasteiger partial charge >= 0.3 is 0 Å². The molecule has 1 aliphatic heterocycles. The van der Waals surface area contributed by atoms with Crippen LogP contribution in [0.1, 0.15) is 0 Å². The molecule has 0 bridgehead atoms. The SMILES string of the molecule is O=C(C[NH+]1CCN(c2ccc(O)cc2)CC1)Nc1c(F)c(F)c(F)c(F)c1F. The van der Waals surface area contributed by atoms with E-state index in [2.05, 4.69) is 0 Å². The summed E-state index contributed by atoms with van der Waals surface area (Å²) in [5.74, 6) is -11.3. The van der Waals surface area contributed by atoms with Crippen molar-refractivity contribution in [1.29, 1.82) is 0 Å². The molecule has 2 aromatic carbocycles. The van der Waals surface area contributed by atoms with E-state index in [1.807, 2.05) is 4.90 Å². The van der Waals surface area contributed by atoms with Crippen LogP contribution in [0.5, 0.6) is 5.75 Å². The lowest BCUT2D eigenvalue weighted by molar-refractivity contribution is -0.892. The van der Waals surface area contributed by atoms with E-state index in [0.717, 1.165) is 10.6 Å². The van der Waals surface area contributed by atoms with Crippen LogP contribution >= 0.6 is 0 Å². The summed E-state index contributed by atoms with van der Waals surface area (Å²) in [5, 5.41) is 11.1.